The van der Waals surface area contributed by atoms with Crippen LogP contribution in [0.15, 0.2) is 16.7 Å². The molecule has 1 aromatic rings. The van der Waals surface area contributed by atoms with Gasteiger partial charge < -0.3 is 19.3 Å². The molecule has 1 aliphatic heterocycles. The Balaban J connectivity index is 2.10. The second kappa shape index (κ2) is 7.09. The average molecular weight is 359 g/mol. The first kappa shape index (κ1) is 16.0. The summed E-state index contributed by atoms with van der Waals surface area (Å²) in [6.45, 7) is 4.01. The van der Waals surface area contributed by atoms with Gasteiger partial charge in [-0.2, -0.15) is 0 Å². The lowest BCUT2D eigenvalue weighted by Gasteiger charge is -2.32. The maximum absolute atomic E-state index is 12.6. The maximum Gasteiger partial charge on any atom is 0.306 e. The molecular weight excluding hydrogens is 340 g/mol. The summed E-state index contributed by atoms with van der Waals surface area (Å²) in [4.78, 5) is 25.1. The molecule has 2 heterocycles. The average Bonchev–Trinajstić information content (AvgIpc) is 2.79. The van der Waals surface area contributed by atoms with Gasteiger partial charge in [0.05, 0.1) is 19.1 Å². The van der Waals surface area contributed by atoms with Crippen molar-refractivity contribution in [1.29, 1.82) is 0 Å². The highest BCUT2D eigenvalue weighted by molar-refractivity contribution is 9.10. The highest BCUT2D eigenvalue weighted by Crippen LogP contribution is 2.19. The number of carbonyl (C=O) groups is 2. The zero-order chi connectivity index (χ0) is 15.4. The fraction of sp³-hybridized carbons (Fsp3) is 0.571. The van der Waals surface area contributed by atoms with Gasteiger partial charge in [-0.15, -0.1) is 0 Å². The van der Waals surface area contributed by atoms with Crippen molar-refractivity contribution in [2.75, 3.05) is 19.7 Å². The van der Waals surface area contributed by atoms with Crippen molar-refractivity contribution in [2.24, 2.45) is 0 Å². The second-order valence-electron chi connectivity index (χ2n) is 5.08. The number of aryl methyl sites for hydroxylation is 1. The third-order valence-electron chi connectivity index (χ3n) is 3.38. The van der Waals surface area contributed by atoms with Crippen molar-refractivity contribution in [1.82, 2.24) is 9.47 Å². The zero-order valence-electron chi connectivity index (χ0n) is 11.9. The molecule has 1 N–H and O–H groups in total. The lowest BCUT2D eigenvalue weighted by molar-refractivity contribution is -0.141. The minimum atomic E-state index is -0.911. The summed E-state index contributed by atoms with van der Waals surface area (Å²) < 4.78 is 8.19. The number of aliphatic carboxylic acids is 1. The maximum atomic E-state index is 12.6. The number of hydrogen-bond donors (Lipinski definition) is 1. The largest absolute Gasteiger partial charge is 0.481 e. The molecular formula is C14H19BrN2O4. The number of morpholine rings is 1. The third kappa shape index (κ3) is 4.07. The molecule has 1 unspecified atom stereocenters. The predicted molar refractivity (Wildman–Crippen MR) is 80.3 cm³/mol. The Morgan fingerprint density at radius 1 is 1.52 bits per heavy atom. The molecule has 1 aromatic heterocycles. The summed E-state index contributed by atoms with van der Waals surface area (Å²) in [6, 6.07) is 1.81. The van der Waals surface area contributed by atoms with Gasteiger partial charge >= 0.3 is 5.97 Å². The monoisotopic (exact) mass is 358 g/mol. The van der Waals surface area contributed by atoms with E-state index >= 15 is 0 Å². The minimum absolute atomic E-state index is 0.0761. The third-order valence-corrected chi connectivity index (χ3v) is 3.81. The lowest BCUT2D eigenvalue weighted by Crippen LogP contribution is -2.46. The summed E-state index contributed by atoms with van der Waals surface area (Å²) in [5.41, 5.74) is 0.625. The van der Waals surface area contributed by atoms with Crippen molar-refractivity contribution in [3.63, 3.8) is 0 Å². The van der Waals surface area contributed by atoms with Crippen LogP contribution >= 0.6 is 15.9 Å². The second-order valence-corrected chi connectivity index (χ2v) is 5.99. The molecule has 1 amide bonds. The molecule has 0 bridgehead atoms. The number of aromatic nitrogens is 1. The number of amides is 1. The van der Waals surface area contributed by atoms with Crippen LogP contribution < -0.4 is 0 Å². The normalized spacial score (nSPS) is 18.8. The van der Waals surface area contributed by atoms with Gasteiger partial charge in [-0.25, -0.2) is 0 Å². The molecule has 1 aliphatic rings. The summed E-state index contributed by atoms with van der Waals surface area (Å²) in [5, 5.41) is 8.83. The predicted octanol–water partition coefficient (Wildman–Crippen LogP) is 1.98. The van der Waals surface area contributed by atoms with E-state index in [1.165, 1.54) is 0 Å². The fourth-order valence-electron chi connectivity index (χ4n) is 2.46. The molecule has 21 heavy (non-hydrogen) atoms. The van der Waals surface area contributed by atoms with Crippen LogP contribution in [0.4, 0.5) is 0 Å². The van der Waals surface area contributed by atoms with E-state index in [0.29, 0.717) is 25.4 Å². The lowest BCUT2D eigenvalue weighted by atomic mass is 10.2. The molecule has 0 aromatic carbocycles. The van der Waals surface area contributed by atoms with Crippen molar-refractivity contribution < 1.29 is 19.4 Å². The van der Waals surface area contributed by atoms with Gasteiger partial charge in [0, 0.05) is 30.3 Å². The first-order chi connectivity index (χ1) is 10.0. The first-order valence-corrected chi connectivity index (χ1v) is 7.79. The van der Waals surface area contributed by atoms with Crippen molar-refractivity contribution in [2.45, 2.75) is 32.4 Å². The molecule has 0 saturated carbocycles. The molecule has 0 aliphatic carbocycles. The van der Waals surface area contributed by atoms with Crippen molar-refractivity contribution >= 4 is 27.8 Å². The number of carboxylic acid groups (broad SMARTS) is 1. The topological polar surface area (TPSA) is 71.8 Å². The zero-order valence-corrected chi connectivity index (χ0v) is 13.5. The van der Waals surface area contributed by atoms with Gasteiger partial charge in [0.15, 0.2) is 0 Å². The Morgan fingerprint density at radius 2 is 2.29 bits per heavy atom. The molecule has 2 rings (SSSR count). The molecule has 1 fully saturated rings. The standard InChI is InChI=1S/C14H19BrN2O4/c1-2-3-16-8-10(15)6-12(16)14(20)17-4-5-21-11(9-17)7-13(18)19/h6,8,11H,2-5,7,9H2,1H3,(H,18,19). The van der Waals surface area contributed by atoms with Gasteiger partial charge in [0.25, 0.3) is 5.91 Å². The Morgan fingerprint density at radius 3 is 2.95 bits per heavy atom. The number of ether oxygens (including phenoxy) is 1. The van der Waals surface area contributed by atoms with Gasteiger partial charge in [0.2, 0.25) is 0 Å². The fourth-order valence-corrected chi connectivity index (χ4v) is 2.93. The summed E-state index contributed by atoms with van der Waals surface area (Å²) >= 11 is 3.40. The molecule has 1 saturated heterocycles. The van der Waals surface area contributed by atoms with Gasteiger partial charge in [-0.05, 0) is 28.4 Å². The van der Waals surface area contributed by atoms with Gasteiger partial charge in [-0.1, -0.05) is 6.92 Å². The smallest absolute Gasteiger partial charge is 0.306 e. The van der Waals surface area contributed by atoms with Gasteiger partial charge in [0.1, 0.15) is 5.69 Å². The van der Waals surface area contributed by atoms with Gasteiger partial charge in [-0.3, -0.25) is 9.59 Å². The Kier molecular flexibility index (Phi) is 5.41. The van der Waals surface area contributed by atoms with E-state index in [1.54, 1.807) is 11.0 Å². The number of halogens is 1. The highest BCUT2D eigenvalue weighted by atomic mass is 79.9. The van der Waals surface area contributed by atoms with Crippen LogP contribution in [0.1, 0.15) is 30.3 Å². The van der Waals surface area contributed by atoms with E-state index < -0.39 is 12.1 Å². The van der Waals surface area contributed by atoms with E-state index in [9.17, 15) is 9.59 Å². The Bertz CT molecular complexity index is 529. The first-order valence-electron chi connectivity index (χ1n) is 6.99. The summed E-state index contributed by atoms with van der Waals surface area (Å²) in [7, 11) is 0. The van der Waals surface area contributed by atoms with Crippen LogP contribution in [0, 0.1) is 0 Å². The van der Waals surface area contributed by atoms with E-state index in [0.717, 1.165) is 17.4 Å². The van der Waals surface area contributed by atoms with E-state index in [-0.39, 0.29) is 12.3 Å². The Labute approximate surface area is 131 Å². The van der Waals surface area contributed by atoms with E-state index in [4.69, 9.17) is 9.84 Å². The van der Waals surface area contributed by atoms with Crippen molar-refractivity contribution in [3.05, 3.63) is 22.4 Å². The van der Waals surface area contributed by atoms with E-state index in [2.05, 4.69) is 22.9 Å². The molecule has 7 heteroatoms. The van der Waals surface area contributed by atoms with Crippen LogP contribution in [0.5, 0.6) is 0 Å². The number of carbonyl (C=O) groups excluding carboxylic acids is 1. The summed E-state index contributed by atoms with van der Waals surface area (Å²) in [5.74, 6) is -0.987. The molecule has 1 atom stereocenters. The number of rotatable bonds is 5. The van der Waals surface area contributed by atoms with Crippen LogP contribution in [0.3, 0.4) is 0 Å². The molecule has 0 radical (unpaired) electrons. The van der Waals surface area contributed by atoms with Crippen LogP contribution in [-0.2, 0) is 16.1 Å². The molecule has 6 nitrogen and oxygen atoms in total. The molecule has 0 spiro atoms. The molecule has 116 valence electrons. The van der Waals surface area contributed by atoms with Crippen molar-refractivity contribution in [3.8, 4) is 0 Å². The summed E-state index contributed by atoms with van der Waals surface area (Å²) in [6.07, 6.45) is 2.32. The SMILES string of the molecule is CCCn1cc(Br)cc1C(=O)N1CCOC(CC(=O)O)C1. The van der Waals surface area contributed by atoms with Crippen LogP contribution in [-0.4, -0.2) is 52.3 Å². The highest BCUT2D eigenvalue weighted by Gasteiger charge is 2.28. The minimum Gasteiger partial charge on any atom is -0.481 e. The number of hydrogen-bond acceptors (Lipinski definition) is 3. The quantitative estimate of drug-likeness (QED) is 0.873. The Hall–Kier alpha value is -1.34. The van der Waals surface area contributed by atoms with E-state index in [1.807, 2.05) is 10.8 Å². The number of carboxylic acids is 1. The van der Waals surface area contributed by atoms with Crippen LogP contribution in [0.25, 0.3) is 0 Å². The van der Waals surface area contributed by atoms with Crippen LogP contribution in [0.2, 0.25) is 0 Å². The number of nitrogens with zero attached hydrogens (tertiary/aromatic N) is 2.